The summed E-state index contributed by atoms with van der Waals surface area (Å²) in [5.41, 5.74) is -0.545. The van der Waals surface area contributed by atoms with E-state index >= 15 is 4.57 Å². The van der Waals surface area contributed by atoms with Gasteiger partial charge in [0, 0.05) is 0 Å². The Morgan fingerprint density at radius 3 is 0.828 bits per heavy atom. The molecule has 0 atom stereocenters. The quantitative estimate of drug-likeness (QED) is 0.0534. The largest absolute Gasteiger partial charge is 0.588 e. The molecule has 0 bridgehead atoms. The smallest absolute Gasteiger partial charge is 0.395 e. The minimum atomic E-state index is -4.03. The minimum Gasteiger partial charge on any atom is -0.395 e. The predicted molar refractivity (Wildman–Crippen MR) is 255 cm³/mol. The standard InChI is InChI=1S/C52H91O4P.H3N/c1-4-7-10-13-16-19-22-25-28-31-40-47-52(48-41-32-29-26-23-20-17-14-11-8-5-2,49-42-33-30-27-24-21-18-15-12-9-6-3)56-57(53,54-50-43-36-34-37-44-50)55-51-45-38-35-39-46-51;/h34-39,43-46H,4-33,40-42,47-49H2,1-3H3;1H3/p+1. The maximum Gasteiger partial charge on any atom is 0.588 e. The number of hydrogen-bond acceptors (Lipinski definition) is 4. The average Bonchev–Trinajstić information content (AvgIpc) is 3.21. The molecule has 6 heteroatoms. The molecule has 4 N–H and O–H groups in total. The first-order valence-corrected chi connectivity index (χ1v) is 26.3. The van der Waals surface area contributed by atoms with Crippen molar-refractivity contribution in [2.24, 2.45) is 0 Å². The van der Waals surface area contributed by atoms with Crippen LogP contribution in [0.5, 0.6) is 11.5 Å². The maximum absolute atomic E-state index is 15.0. The number of hydrogen-bond donors (Lipinski definition) is 1. The van der Waals surface area contributed by atoms with Crippen LogP contribution in [0.2, 0.25) is 0 Å². The molecule has 0 unspecified atom stereocenters. The Labute approximate surface area is 360 Å². The highest BCUT2D eigenvalue weighted by molar-refractivity contribution is 7.49. The van der Waals surface area contributed by atoms with Crippen molar-refractivity contribution in [3.63, 3.8) is 0 Å². The Morgan fingerprint density at radius 2 is 0.586 bits per heavy atom. The highest BCUT2D eigenvalue weighted by atomic mass is 31.2. The SMILES string of the molecule is CCCCCCCCCCCCCC(CCCCCCCCCCCCC)(CCCCCCCCCCCCC)OP(=O)(Oc1ccccc1)Oc1ccccc1.[NH4+]. The fraction of sp³-hybridized carbons (Fsp3) is 0.769. The van der Waals surface area contributed by atoms with E-state index in [9.17, 15) is 0 Å². The lowest BCUT2D eigenvalue weighted by atomic mass is 9.85. The molecule has 0 aliphatic carbocycles. The second-order valence-corrected chi connectivity index (χ2v) is 18.8. The molecule has 0 heterocycles. The average molecular weight is 829 g/mol. The molecule has 58 heavy (non-hydrogen) atoms. The lowest BCUT2D eigenvalue weighted by molar-refractivity contribution is 0.00982. The van der Waals surface area contributed by atoms with Crippen LogP contribution in [-0.4, -0.2) is 5.60 Å². The fourth-order valence-corrected chi connectivity index (χ4v) is 9.98. The molecule has 0 radical (unpaired) electrons. The van der Waals surface area contributed by atoms with Gasteiger partial charge < -0.3 is 15.2 Å². The van der Waals surface area contributed by atoms with Gasteiger partial charge >= 0.3 is 7.82 Å². The summed E-state index contributed by atoms with van der Waals surface area (Å²) in [4.78, 5) is 0. The number of quaternary nitrogens is 1. The first kappa shape index (κ1) is 54.2. The molecule has 0 amide bonds. The van der Waals surface area contributed by atoms with E-state index in [0.717, 1.165) is 38.5 Å². The number of phosphoric ester groups is 1. The van der Waals surface area contributed by atoms with E-state index in [1.807, 2.05) is 60.7 Å². The molecule has 336 valence electrons. The van der Waals surface area contributed by atoms with Crippen LogP contribution in [0.15, 0.2) is 60.7 Å². The summed E-state index contributed by atoms with van der Waals surface area (Å²) in [5.74, 6) is 1.04. The third-order valence-corrected chi connectivity index (χ3v) is 13.4. The van der Waals surface area contributed by atoms with E-state index in [2.05, 4.69) is 20.8 Å². The zero-order valence-electron chi connectivity index (χ0n) is 38.8. The monoisotopic (exact) mass is 829 g/mol. The van der Waals surface area contributed by atoms with Crippen molar-refractivity contribution < 1.29 is 18.1 Å². The molecule has 0 saturated heterocycles. The van der Waals surface area contributed by atoms with E-state index in [4.69, 9.17) is 13.6 Å². The Kier molecular flexibility index (Phi) is 35.6. The molecule has 0 aliphatic heterocycles. The van der Waals surface area contributed by atoms with Crippen molar-refractivity contribution >= 4 is 7.82 Å². The second-order valence-electron chi connectivity index (χ2n) is 17.4. The molecule has 2 aromatic carbocycles. The van der Waals surface area contributed by atoms with Gasteiger partial charge in [-0.2, -0.15) is 0 Å². The van der Waals surface area contributed by atoms with Gasteiger partial charge in [0.15, 0.2) is 0 Å². The molecular formula is C52H95NO4P+. The Balaban J connectivity index is 0.0000168. The first-order chi connectivity index (χ1) is 28.0. The van der Waals surface area contributed by atoms with Crippen LogP contribution in [-0.2, 0) is 9.09 Å². The van der Waals surface area contributed by atoms with E-state index in [-0.39, 0.29) is 6.15 Å². The number of benzene rings is 2. The van der Waals surface area contributed by atoms with Gasteiger partial charge in [-0.25, -0.2) is 4.57 Å². The Hall–Kier alpha value is -1.81. The zero-order valence-corrected chi connectivity index (χ0v) is 39.7. The summed E-state index contributed by atoms with van der Waals surface area (Å²) in [5, 5.41) is 0. The van der Waals surface area contributed by atoms with Crippen molar-refractivity contribution in [1.82, 2.24) is 6.15 Å². The van der Waals surface area contributed by atoms with Crippen LogP contribution in [0, 0.1) is 0 Å². The molecule has 0 aromatic heterocycles. The summed E-state index contributed by atoms with van der Waals surface area (Å²) in [6, 6.07) is 19.0. The minimum absolute atomic E-state index is 0. The summed E-state index contributed by atoms with van der Waals surface area (Å²) >= 11 is 0. The third kappa shape index (κ3) is 29.4. The molecule has 0 aliphatic rings. The highest BCUT2D eigenvalue weighted by Crippen LogP contribution is 2.55. The molecule has 0 saturated carbocycles. The summed E-state index contributed by atoms with van der Waals surface area (Å²) in [6.45, 7) is 6.88. The van der Waals surface area contributed by atoms with Gasteiger partial charge in [0.1, 0.15) is 11.5 Å². The number of para-hydroxylation sites is 2. The van der Waals surface area contributed by atoms with Gasteiger partial charge in [-0.3, -0.25) is 4.52 Å². The second kappa shape index (κ2) is 38.1. The highest BCUT2D eigenvalue weighted by Gasteiger charge is 2.43. The van der Waals surface area contributed by atoms with Gasteiger partial charge in [0.05, 0.1) is 5.60 Å². The number of unbranched alkanes of at least 4 members (excludes halogenated alkanes) is 30. The van der Waals surface area contributed by atoms with Crippen LogP contribution in [0.3, 0.4) is 0 Å². The van der Waals surface area contributed by atoms with Gasteiger partial charge in [-0.15, -0.1) is 0 Å². The van der Waals surface area contributed by atoms with Crippen molar-refractivity contribution in [3.8, 4) is 11.5 Å². The topological polar surface area (TPSA) is 81.3 Å². The third-order valence-electron chi connectivity index (χ3n) is 11.9. The van der Waals surface area contributed by atoms with E-state index in [1.165, 1.54) is 193 Å². The van der Waals surface area contributed by atoms with Crippen LogP contribution in [0.25, 0.3) is 0 Å². The van der Waals surface area contributed by atoms with Crippen LogP contribution < -0.4 is 15.2 Å². The first-order valence-electron chi connectivity index (χ1n) is 24.8. The molecule has 0 fully saturated rings. The van der Waals surface area contributed by atoms with Crippen molar-refractivity contribution in [2.75, 3.05) is 0 Å². The van der Waals surface area contributed by atoms with Crippen molar-refractivity contribution in [3.05, 3.63) is 60.7 Å². The lowest BCUT2D eigenvalue weighted by Crippen LogP contribution is -2.33. The molecule has 5 nitrogen and oxygen atoms in total. The Bertz CT molecular complexity index is 1070. The molecular weight excluding hydrogens is 734 g/mol. The molecule has 2 aromatic rings. The number of phosphoric acid groups is 1. The van der Waals surface area contributed by atoms with Gasteiger partial charge in [0.2, 0.25) is 0 Å². The van der Waals surface area contributed by atoms with Crippen LogP contribution in [0.4, 0.5) is 0 Å². The molecule has 0 spiro atoms. The summed E-state index contributed by atoms with van der Waals surface area (Å²) in [6.07, 6.45) is 46.0. The van der Waals surface area contributed by atoms with Crippen LogP contribution in [0.1, 0.15) is 252 Å². The number of rotatable bonds is 42. The lowest BCUT2D eigenvalue weighted by Gasteiger charge is -2.36. The van der Waals surface area contributed by atoms with Crippen molar-refractivity contribution in [2.45, 2.75) is 258 Å². The molecule has 2 rings (SSSR count). The van der Waals surface area contributed by atoms with E-state index in [1.54, 1.807) is 0 Å². The normalized spacial score (nSPS) is 11.8. The van der Waals surface area contributed by atoms with Crippen molar-refractivity contribution in [1.29, 1.82) is 0 Å². The Morgan fingerprint density at radius 1 is 0.362 bits per heavy atom. The van der Waals surface area contributed by atoms with Gasteiger partial charge in [-0.1, -0.05) is 269 Å². The fourth-order valence-electron chi connectivity index (χ4n) is 8.36. The summed E-state index contributed by atoms with van der Waals surface area (Å²) in [7, 11) is -4.03. The van der Waals surface area contributed by atoms with Gasteiger partial charge in [0.25, 0.3) is 0 Å². The van der Waals surface area contributed by atoms with Gasteiger partial charge in [-0.05, 0) is 43.5 Å². The summed E-state index contributed by atoms with van der Waals surface area (Å²) < 4.78 is 34.6. The zero-order chi connectivity index (χ0) is 40.8. The maximum atomic E-state index is 15.0. The van der Waals surface area contributed by atoms with E-state index in [0.29, 0.717) is 11.5 Å². The van der Waals surface area contributed by atoms with E-state index < -0.39 is 13.4 Å². The predicted octanol–water partition coefficient (Wildman–Crippen LogP) is 19.5. The van der Waals surface area contributed by atoms with Crippen LogP contribution >= 0.6 is 7.82 Å².